The van der Waals surface area contributed by atoms with Crippen molar-refractivity contribution in [1.29, 1.82) is 0 Å². The predicted molar refractivity (Wildman–Crippen MR) is 59.0 cm³/mol. The average Bonchev–Trinajstić information content (AvgIpc) is 2.28. The standard InChI is InChI=1S/C11H17NO5/c1-7(2)8(5-10(13)14)12-11(15)9-6-16-3-4-17-9/h6-8H,3-5H2,1-2H3,(H,12,15)(H,13,14). The van der Waals surface area contributed by atoms with Gasteiger partial charge >= 0.3 is 5.97 Å². The zero-order chi connectivity index (χ0) is 12.8. The maximum Gasteiger partial charge on any atom is 0.305 e. The van der Waals surface area contributed by atoms with Gasteiger partial charge in [0.2, 0.25) is 5.76 Å². The fraction of sp³-hybridized carbons (Fsp3) is 0.636. The molecule has 0 fully saturated rings. The monoisotopic (exact) mass is 243 g/mol. The number of carbonyl (C=O) groups excluding carboxylic acids is 1. The van der Waals surface area contributed by atoms with Crippen LogP contribution in [0.2, 0.25) is 0 Å². The summed E-state index contributed by atoms with van der Waals surface area (Å²) in [5.74, 6) is -1.27. The largest absolute Gasteiger partial charge is 0.494 e. The highest BCUT2D eigenvalue weighted by Crippen LogP contribution is 2.09. The van der Waals surface area contributed by atoms with Crippen molar-refractivity contribution in [3.05, 3.63) is 12.0 Å². The minimum atomic E-state index is -0.946. The summed E-state index contributed by atoms with van der Waals surface area (Å²) in [7, 11) is 0. The Hall–Kier alpha value is -1.72. The number of carbonyl (C=O) groups is 2. The third kappa shape index (κ3) is 4.34. The van der Waals surface area contributed by atoms with E-state index in [4.69, 9.17) is 14.6 Å². The minimum absolute atomic E-state index is 0.0279. The van der Waals surface area contributed by atoms with Crippen LogP contribution in [0.1, 0.15) is 20.3 Å². The number of hydrogen-bond donors (Lipinski definition) is 2. The van der Waals surface area contributed by atoms with E-state index < -0.39 is 17.9 Å². The number of carboxylic acid groups (broad SMARTS) is 1. The maximum atomic E-state index is 11.7. The molecule has 17 heavy (non-hydrogen) atoms. The summed E-state index contributed by atoms with van der Waals surface area (Å²) < 4.78 is 10.1. The van der Waals surface area contributed by atoms with Crippen molar-refractivity contribution < 1.29 is 24.2 Å². The normalized spacial score (nSPS) is 16.5. The van der Waals surface area contributed by atoms with Gasteiger partial charge in [-0.25, -0.2) is 0 Å². The summed E-state index contributed by atoms with van der Waals surface area (Å²) in [6.45, 7) is 4.44. The molecular formula is C11H17NO5. The molecule has 6 heteroatoms. The van der Waals surface area contributed by atoms with E-state index in [1.54, 1.807) is 0 Å². The summed E-state index contributed by atoms with van der Waals surface area (Å²) in [6.07, 6.45) is 1.13. The minimum Gasteiger partial charge on any atom is -0.494 e. The Morgan fingerprint density at radius 2 is 2.18 bits per heavy atom. The molecule has 1 rings (SSSR count). The number of nitrogens with one attached hydrogen (secondary N) is 1. The van der Waals surface area contributed by atoms with E-state index in [1.165, 1.54) is 6.26 Å². The van der Waals surface area contributed by atoms with Gasteiger partial charge in [-0.15, -0.1) is 0 Å². The molecule has 6 nitrogen and oxygen atoms in total. The Labute approximate surface area is 99.6 Å². The predicted octanol–water partition coefficient (Wildman–Crippen LogP) is 0.490. The lowest BCUT2D eigenvalue weighted by atomic mass is 10.0. The molecule has 1 atom stereocenters. The van der Waals surface area contributed by atoms with Crippen molar-refractivity contribution in [2.75, 3.05) is 13.2 Å². The zero-order valence-corrected chi connectivity index (χ0v) is 9.93. The van der Waals surface area contributed by atoms with E-state index in [-0.39, 0.29) is 18.1 Å². The SMILES string of the molecule is CC(C)C(CC(=O)O)NC(=O)C1=COCCO1. The van der Waals surface area contributed by atoms with Crippen molar-refractivity contribution in [2.45, 2.75) is 26.3 Å². The molecule has 0 aromatic heterocycles. The summed E-state index contributed by atoms with van der Waals surface area (Å²) in [4.78, 5) is 22.4. The Bertz CT molecular complexity index is 324. The highest BCUT2D eigenvalue weighted by atomic mass is 16.6. The Morgan fingerprint density at radius 1 is 1.47 bits per heavy atom. The van der Waals surface area contributed by atoms with E-state index >= 15 is 0 Å². The third-order valence-corrected chi connectivity index (χ3v) is 2.39. The second-order valence-corrected chi connectivity index (χ2v) is 4.12. The van der Waals surface area contributed by atoms with Gasteiger partial charge in [-0.1, -0.05) is 13.8 Å². The van der Waals surface area contributed by atoms with Gasteiger partial charge in [0.25, 0.3) is 5.91 Å². The number of aliphatic carboxylic acids is 1. The Balaban J connectivity index is 2.57. The first-order valence-corrected chi connectivity index (χ1v) is 5.48. The molecule has 0 aromatic rings. The van der Waals surface area contributed by atoms with Crippen LogP contribution in [0.25, 0.3) is 0 Å². The highest BCUT2D eigenvalue weighted by Gasteiger charge is 2.23. The second-order valence-electron chi connectivity index (χ2n) is 4.12. The van der Waals surface area contributed by atoms with E-state index in [1.807, 2.05) is 13.8 Å². The second kappa shape index (κ2) is 6.12. The van der Waals surface area contributed by atoms with Crippen molar-refractivity contribution in [2.24, 2.45) is 5.92 Å². The molecule has 2 N–H and O–H groups in total. The van der Waals surface area contributed by atoms with Crippen molar-refractivity contribution in [1.82, 2.24) is 5.32 Å². The Morgan fingerprint density at radius 3 is 2.65 bits per heavy atom. The molecule has 1 amide bonds. The first kappa shape index (κ1) is 13.3. The average molecular weight is 243 g/mol. The van der Waals surface area contributed by atoms with Gasteiger partial charge < -0.3 is 19.9 Å². The molecule has 96 valence electrons. The smallest absolute Gasteiger partial charge is 0.305 e. The van der Waals surface area contributed by atoms with Crippen LogP contribution >= 0.6 is 0 Å². The van der Waals surface area contributed by atoms with Crippen LogP contribution in [-0.2, 0) is 19.1 Å². The van der Waals surface area contributed by atoms with Crippen molar-refractivity contribution in [3.63, 3.8) is 0 Å². The molecule has 0 radical (unpaired) electrons. The van der Waals surface area contributed by atoms with Crippen LogP contribution in [0.15, 0.2) is 12.0 Å². The van der Waals surface area contributed by atoms with E-state index in [9.17, 15) is 9.59 Å². The molecule has 1 heterocycles. The van der Waals surface area contributed by atoms with Crippen LogP contribution in [0.3, 0.4) is 0 Å². The first-order chi connectivity index (χ1) is 8.00. The number of amides is 1. The summed E-state index contributed by atoms with van der Waals surface area (Å²) in [5.41, 5.74) is 0. The lowest BCUT2D eigenvalue weighted by Crippen LogP contribution is -2.41. The van der Waals surface area contributed by atoms with Crippen LogP contribution < -0.4 is 5.32 Å². The molecular weight excluding hydrogens is 226 g/mol. The quantitative estimate of drug-likeness (QED) is 0.734. The molecule has 1 aliphatic rings. The van der Waals surface area contributed by atoms with Crippen molar-refractivity contribution in [3.8, 4) is 0 Å². The van der Waals surface area contributed by atoms with Crippen molar-refractivity contribution >= 4 is 11.9 Å². The van der Waals surface area contributed by atoms with Gasteiger partial charge in [0.15, 0.2) is 0 Å². The van der Waals surface area contributed by atoms with Crippen LogP contribution in [0, 0.1) is 5.92 Å². The number of ether oxygens (including phenoxy) is 2. The lowest BCUT2D eigenvalue weighted by Gasteiger charge is -2.22. The molecule has 0 saturated heterocycles. The summed E-state index contributed by atoms with van der Waals surface area (Å²) in [5, 5.41) is 11.4. The lowest BCUT2D eigenvalue weighted by molar-refractivity contribution is -0.138. The number of rotatable bonds is 5. The zero-order valence-electron chi connectivity index (χ0n) is 9.93. The Kier molecular flexibility index (Phi) is 4.81. The highest BCUT2D eigenvalue weighted by molar-refractivity contribution is 5.91. The molecule has 0 aromatic carbocycles. The fourth-order valence-electron chi connectivity index (χ4n) is 1.37. The summed E-state index contributed by atoms with van der Waals surface area (Å²) >= 11 is 0. The van der Waals surface area contributed by atoms with E-state index in [0.29, 0.717) is 13.2 Å². The van der Waals surface area contributed by atoms with E-state index in [0.717, 1.165) is 0 Å². The molecule has 0 spiro atoms. The maximum absolute atomic E-state index is 11.7. The van der Waals surface area contributed by atoms with Gasteiger partial charge in [-0.2, -0.15) is 0 Å². The van der Waals surface area contributed by atoms with Gasteiger partial charge in [0.1, 0.15) is 19.5 Å². The van der Waals surface area contributed by atoms with Gasteiger partial charge in [0.05, 0.1) is 6.42 Å². The van der Waals surface area contributed by atoms with Gasteiger partial charge in [0, 0.05) is 6.04 Å². The molecule has 0 bridgehead atoms. The molecule has 0 saturated carbocycles. The van der Waals surface area contributed by atoms with Crippen LogP contribution in [0.4, 0.5) is 0 Å². The fourth-order valence-corrected chi connectivity index (χ4v) is 1.37. The van der Waals surface area contributed by atoms with Gasteiger partial charge in [-0.05, 0) is 5.92 Å². The molecule has 0 aliphatic carbocycles. The summed E-state index contributed by atoms with van der Waals surface area (Å²) in [6, 6.07) is -0.425. The number of carboxylic acids is 1. The van der Waals surface area contributed by atoms with E-state index in [2.05, 4.69) is 5.32 Å². The first-order valence-electron chi connectivity index (χ1n) is 5.48. The number of hydrogen-bond acceptors (Lipinski definition) is 4. The van der Waals surface area contributed by atoms with Gasteiger partial charge in [-0.3, -0.25) is 9.59 Å². The molecule has 1 aliphatic heterocycles. The molecule has 1 unspecified atom stereocenters. The van der Waals surface area contributed by atoms with Crippen LogP contribution in [0.5, 0.6) is 0 Å². The van der Waals surface area contributed by atoms with Crippen LogP contribution in [-0.4, -0.2) is 36.2 Å². The third-order valence-electron chi connectivity index (χ3n) is 2.39. The topological polar surface area (TPSA) is 84.9 Å².